The zero-order chi connectivity index (χ0) is 15.4. The molecule has 1 aromatic carbocycles. The molecule has 1 amide bonds. The molecule has 1 heterocycles. The Morgan fingerprint density at radius 3 is 2.90 bits per heavy atom. The van der Waals surface area contributed by atoms with E-state index in [1.54, 1.807) is 17.5 Å². The van der Waals surface area contributed by atoms with Gasteiger partial charge in [-0.25, -0.2) is 4.98 Å². The van der Waals surface area contributed by atoms with Crippen molar-refractivity contribution in [1.29, 1.82) is 0 Å². The Morgan fingerprint density at radius 1 is 1.48 bits per heavy atom. The number of nitrogens with one attached hydrogen (secondary N) is 2. The van der Waals surface area contributed by atoms with E-state index in [2.05, 4.69) is 15.6 Å². The standard InChI is InChI=1S/C12H10N4O3S2/c1-7(17)13-11(20)15-12-14-10(6-21-12)8-3-2-4-9(5-8)16(18)19/h2-6H,1H3,(H2,13,14,15,17,20). The van der Waals surface area contributed by atoms with Crippen molar-refractivity contribution in [3.05, 3.63) is 39.8 Å². The van der Waals surface area contributed by atoms with E-state index in [9.17, 15) is 14.9 Å². The molecule has 0 aliphatic rings. The fourth-order valence-corrected chi connectivity index (χ4v) is 2.56. The first-order chi connectivity index (χ1) is 9.95. The Kier molecular flexibility index (Phi) is 4.55. The maximum absolute atomic E-state index is 10.9. The quantitative estimate of drug-likeness (QED) is 0.512. The SMILES string of the molecule is CC(=O)NC(=S)Nc1nc(-c2cccc([N+](=O)[O-])c2)cs1. The summed E-state index contributed by atoms with van der Waals surface area (Å²) in [7, 11) is 0. The molecule has 0 saturated heterocycles. The number of nitro groups is 1. The number of hydrogen-bond acceptors (Lipinski definition) is 6. The summed E-state index contributed by atoms with van der Waals surface area (Å²) in [6, 6.07) is 6.20. The third kappa shape index (κ3) is 4.04. The van der Waals surface area contributed by atoms with Crippen molar-refractivity contribution in [3.63, 3.8) is 0 Å². The number of carbonyl (C=O) groups excluding carboxylic acids is 1. The lowest BCUT2D eigenvalue weighted by Crippen LogP contribution is -2.32. The maximum atomic E-state index is 10.9. The van der Waals surface area contributed by atoms with Gasteiger partial charge in [0.15, 0.2) is 10.2 Å². The number of thiocarbonyl (C=S) groups is 1. The number of nitrogens with zero attached hydrogens (tertiary/aromatic N) is 2. The van der Waals surface area contributed by atoms with Crippen molar-refractivity contribution >= 4 is 45.4 Å². The van der Waals surface area contributed by atoms with Crippen LogP contribution in [-0.4, -0.2) is 20.9 Å². The normalized spacial score (nSPS) is 9.95. The first-order valence-electron chi connectivity index (χ1n) is 5.74. The minimum absolute atomic E-state index is 0.00350. The number of rotatable bonds is 3. The second-order valence-electron chi connectivity index (χ2n) is 3.98. The van der Waals surface area contributed by atoms with Crippen LogP contribution in [0, 0.1) is 10.1 Å². The molecule has 0 spiro atoms. The van der Waals surface area contributed by atoms with Crippen LogP contribution in [-0.2, 0) is 4.79 Å². The van der Waals surface area contributed by atoms with E-state index in [0.717, 1.165) is 0 Å². The van der Waals surface area contributed by atoms with E-state index in [1.807, 2.05) is 0 Å². The fourth-order valence-electron chi connectivity index (χ4n) is 1.53. The second kappa shape index (κ2) is 6.37. The smallest absolute Gasteiger partial charge is 0.270 e. The monoisotopic (exact) mass is 322 g/mol. The summed E-state index contributed by atoms with van der Waals surface area (Å²) in [6.07, 6.45) is 0. The number of benzene rings is 1. The van der Waals surface area contributed by atoms with Gasteiger partial charge in [-0.15, -0.1) is 11.3 Å². The highest BCUT2D eigenvalue weighted by atomic mass is 32.1. The molecule has 1 aromatic heterocycles. The van der Waals surface area contributed by atoms with Crippen LogP contribution in [0.2, 0.25) is 0 Å². The third-order valence-electron chi connectivity index (χ3n) is 2.37. The van der Waals surface area contributed by atoms with E-state index >= 15 is 0 Å². The van der Waals surface area contributed by atoms with Crippen LogP contribution < -0.4 is 10.6 Å². The Balaban J connectivity index is 2.16. The summed E-state index contributed by atoms with van der Waals surface area (Å²) in [5, 5.41) is 18.4. The number of aromatic nitrogens is 1. The number of amides is 1. The van der Waals surface area contributed by atoms with E-state index < -0.39 is 4.92 Å². The zero-order valence-corrected chi connectivity index (χ0v) is 12.5. The molecule has 0 fully saturated rings. The van der Waals surface area contributed by atoms with Crippen LogP contribution >= 0.6 is 23.6 Å². The molecule has 0 aliphatic carbocycles. The highest BCUT2D eigenvalue weighted by molar-refractivity contribution is 7.80. The van der Waals surface area contributed by atoms with Gasteiger partial charge >= 0.3 is 0 Å². The van der Waals surface area contributed by atoms with Crippen LogP contribution in [0.25, 0.3) is 11.3 Å². The van der Waals surface area contributed by atoms with Crippen LogP contribution in [0.5, 0.6) is 0 Å². The van der Waals surface area contributed by atoms with Crippen molar-refractivity contribution in [1.82, 2.24) is 10.3 Å². The van der Waals surface area contributed by atoms with Crippen molar-refractivity contribution in [2.75, 3.05) is 5.32 Å². The summed E-state index contributed by atoms with van der Waals surface area (Å²) in [5.41, 5.74) is 1.24. The molecule has 0 atom stereocenters. The van der Waals surface area contributed by atoms with Crippen molar-refractivity contribution < 1.29 is 9.72 Å². The summed E-state index contributed by atoms with van der Waals surface area (Å²) < 4.78 is 0. The molecule has 108 valence electrons. The van der Waals surface area contributed by atoms with Crippen molar-refractivity contribution in [2.24, 2.45) is 0 Å². The summed E-state index contributed by atoms with van der Waals surface area (Å²) in [6.45, 7) is 1.35. The van der Waals surface area contributed by atoms with Gasteiger partial charge in [0.25, 0.3) is 5.69 Å². The predicted octanol–water partition coefficient (Wildman–Crippen LogP) is 2.55. The number of anilines is 1. The van der Waals surface area contributed by atoms with Crippen LogP contribution in [0.4, 0.5) is 10.8 Å². The van der Waals surface area contributed by atoms with Gasteiger partial charge in [0, 0.05) is 30.0 Å². The van der Waals surface area contributed by atoms with Gasteiger partial charge in [0.2, 0.25) is 5.91 Å². The molecule has 7 nitrogen and oxygen atoms in total. The Hall–Kier alpha value is -2.39. The topological polar surface area (TPSA) is 97.2 Å². The fraction of sp³-hybridized carbons (Fsp3) is 0.0833. The van der Waals surface area contributed by atoms with E-state index in [1.165, 1.54) is 30.4 Å². The second-order valence-corrected chi connectivity index (χ2v) is 5.25. The summed E-state index contributed by atoms with van der Waals surface area (Å²) >= 11 is 6.21. The van der Waals surface area contributed by atoms with Gasteiger partial charge in [-0.2, -0.15) is 0 Å². The lowest BCUT2D eigenvalue weighted by atomic mass is 10.1. The van der Waals surface area contributed by atoms with Crippen LogP contribution in [0.3, 0.4) is 0 Å². The highest BCUT2D eigenvalue weighted by Gasteiger charge is 2.10. The molecule has 2 rings (SSSR count). The molecule has 0 saturated carbocycles. The lowest BCUT2D eigenvalue weighted by molar-refractivity contribution is -0.384. The zero-order valence-electron chi connectivity index (χ0n) is 10.8. The summed E-state index contributed by atoms with van der Waals surface area (Å²) in [4.78, 5) is 25.4. The largest absolute Gasteiger partial charge is 0.308 e. The predicted molar refractivity (Wildman–Crippen MR) is 84.2 cm³/mol. The highest BCUT2D eigenvalue weighted by Crippen LogP contribution is 2.27. The average molecular weight is 322 g/mol. The minimum Gasteiger partial charge on any atom is -0.308 e. The molecule has 21 heavy (non-hydrogen) atoms. The molecular formula is C12H10N4O3S2. The van der Waals surface area contributed by atoms with Gasteiger partial charge < -0.3 is 10.6 Å². The number of hydrogen-bond donors (Lipinski definition) is 2. The lowest BCUT2D eigenvalue weighted by Gasteiger charge is -2.03. The van der Waals surface area contributed by atoms with E-state index in [0.29, 0.717) is 16.4 Å². The molecular weight excluding hydrogens is 312 g/mol. The van der Waals surface area contributed by atoms with E-state index in [-0.39, 0.29) is 16.7 Å². The van der Waals surface area contributed by atoms with Gasteiger partial charge in [0.05, 0.1) is 10.6 Å². The van der Waals surface area contributed by atoms with E-state index in [4.69, 9.17) is 12.2 Å². The first-order valence-corrected chi connectivity index (χ1v) is 7.03. The molecule has 0 radical (unpaired) electrons. The molecule has 9 heteroatoms. The van der Waals surface area contributed by atoms with Gasteiger partial charge in [-0.05, 0) is 12.2 Å². The first kappa shape index (κ1) is 15.0. The number of carbonyl (C=O) groups is 1. The van der Waals surface area contributed by atoms with Gasteiger partial charge in [-0.3, -0.25) is 14.9 Å². The van der Waals surface area contributed by atoms with Gasteiger partial charge in [-0.1, -0.05) is 12.1 Å². The average Bonchev–Trinajstić information content (AvgIpc) is 2.86. The molecule has 0 bridgehead atoms. The third-order valence-corrected chi connectivity index (χ3v) is 3.33. The summed E-state index contributed by atoms with van der Waals surface area (Å²) in [5.74, 6) is -0.275. The van der Waals surface area contributed by atoms with Crippen molar-refractivity contribution in [2.45, 2.75) is 6.92 Å². The number of nitro benzene ring substituents is 1. The van der Waals surface area contributed by atoms with Crippen LogP contribution in [0.1, 0.15) is 6.92 Å². The number of non-ortho nitro benzene ring substituents is 1. The maximum Gasteiger partial charge on any atom is 0.270 e. The van der Waals surface area contributed by atoms with Gasteiger partial charge in [0.1, 0.15) is 0 Å². The number of thiazole rings is 1. The molecule has 0 aliphatic heterocycles. The molecule has 0 unspecified atom stereocenters. The van der Waals surface area contributed by atoms with Crippen molar-refractivity contribution in [3.8, 4) is 11.3 Å². The Morgan fingerprint density at radius 2 is 2.24 bits per heavy atom. The molecule has 2 N–H and O–H groups in total. The Labute approximate surface area is 129 Å². The van der Waals surface area contributed by atoms with Crippen LogP contribution in [0.15, 0.2) is 29.6 Å². The minimum atomic E-state index is -0.457. The Bertz CT molecular complexity index is 714. The molecule has 2 aromatic rings.